The predicted octanol–water partition coefficient (Wildman–Crippen LogP) is 2.71. The molecule has 0 spiro atoms. The molecule has 3 nitrogen and oxygen atoms in total. The van der Waals surface area contributed by atoms with E-state index < -0.39 is 0 Å². The zero-order valence-electron chi connectivity index (χ0n) is 14.2. The second kappa shape index (κ2) is 6.97. The first-order chi connectivity index (χ1) is 10.2. The lowest BCUT2D eigenvalue weighted by Crippen LogP contribution is -2.58. The highest BCUT2D eigenvalue weighted by atomic mass is 15.3. The summed E-state index contributed by atoms with van der Waals surface area (Å²) in [5.74, 6) is 0. The molecule has 21 heavy (non-hydrogen) atoms. The monoisotopic (exact) mass is 293 g/mol. The molecular formula is C18H35N3. The highest BCUT2D eigenvalue weighted by Crippen LogP contribution is 2.38. The van der Waals surface area contributed by atoms with Gasteiger partial charge in [0.15, 0.2) is 0 Å². The van der Waals surface area contributed by atoms with E-state index in [1.807, 2.05) is 0 Å². The fourth-order valence-corrected chi connectivity index (χ4v) is 4.98. The van der Waals surface area contributed by atoms with E-state index in [0.717, 1.165) is 18.6 Å². The highest BCUT2D eigenvalue weighted by molar-refractivity contribution is 4.95. The summed E-state index contributed by atoms with van der Waals surface area (Å²) in [4.78, 5) is 5.59. The second-order valence-corrected chi connectivity index (χ2v) is 7.91. The Morgan fingerprint density at radius 1 is 1.10 bits per heavy atom. The lowest BCUT2D eigenvalue weighted by atomic mass is 9.73. The average Bonchev–Trinajstić information content (AvgIpc) is 2.94. The molecule has 3 fully saturated rings. The van der Waals surface area contributed by atoms with Crippen molar-refractivity contribution >= 4 is 0 Å². The summed E-state index contributed by atoms with van der Waals surface area (Å²) >= 11 is 0. The minimum atomic E-state index is 0.559. The second-order valence-electron chi connectivity index (χ2n) is 7.91. The van der Waals surface area contributed by atoms with Crippen molar-refractivity contribution in [2.75, 3.05) is 39.3 Å². The number of nitrogens with zero attached hydrogens (tertiary/aromatic N) is 2. The fourth-order valence-electron chi connectivity index (χ4n) is 4.98. The van der Waals surface area contributed by atoms with E-state index in [1.54, 1.807) is 0 Å². The molecule has 122 valence electrons. The van der Waals surface area contributed by atoms with E-state index >= 15 is 0 Å². The molecule has 3 heteroatoms. The van der Waals surface area contributed by atoms with Crippen molar-refractivity contribution in [3.8, 4) is 0 Å². The van der Waals surface area contributed by atoms with Crippen molar-refractivity contribution in [1.82, 2.24) is 15.1 Å². The smallest absolute Gasteiger partial charge is 0.0224 e. The van der Waals surface area contributed by atoms with Gasteiger partial charge >= 0.3 is 0 Å². The number of hydrogen-bond donors (Lipinski definition) is 1. The van der Waals surface area contributed by atoms with Gasteiger partial charge in [-0.3, -0.25) is 9.80 Å². The third kappa shape index (κ3) is 3.62. The van der Waals surface area contributed by atoms with Crippen LogP contribution in [0.1, 0.15) is 58.8 Å². The molecule has 0 radical (unpaired) electrons. The largest absolute Gasteiger partial charge is 0.316 e. The molecule has 3 aliphatic rings. The molecule has 0 bridgehead atoms. The average molecular weight is 293 g/mol. The van der Waals surface area contributed by atoms with Gasteiger partial charge in [-0.1, -0.05) is 26.2 Å². The summed E-state index contributed by atoms with van der Waals surface area (Å²) in [6, 6.07) is 1.61. The molecular weight excluding hydrogens is 258 g/mol. The number of piperazine rings is 1. The maximum atomic E-state index is 3.67. The van der Waals surface area contributed by atoms with Gasteiger partial charge in [0, 0.05) is 38.3 Å². The SMILES string of the molecule is CCNCC1(CN2CC3CCCN3CC2C)CCCCC1. The van der Waals surface area contributed by atoms with E-state index in [1.165, 1.54) is 77.7 Å². The zero-order chi connectivity index (χ0) is 14.7. The molecule has 2 unspecified atom stereocenters. The van der Waals surface area contributed by atoms with Gasteiger partial charge < -0.3 is 5.32 Å². The van der Waals surface area contributed by atoms with Crippen LogP contribution in [0, 0.1) is 5.41 Å². The Morgan fingerprint density at radius 2 is 1.90 bits per heavy atom. The fraction of sp³-hybridized carbons (Fsp3) is 1.00. The summed E-state index contributed by atoms with van der Waals surface area (Å²) in [6.45, 7) is 12.4. The van der Waals surface area contributed by atoms with Crippen LogP contribution in [0.3, 0.4) is 0 Å². The van der Waals surface area contributed by atoms with E-state index in [9.17, 15) is 0 Å². The Labute approximate surface area is 131 Å². The van der Waals surface area contributed by atoms with Crippen LogP contribution in [0.5, 0.6) is 0 Å². The van der Waals surface area contributed by atoms with Crippen LogP contribution >= 0.6 is 0 Å². The van der Waals surface area contributed by atoms with Gasteiger partial charge in [-0.15, -0.1) is 0 Å². The molecule has 2 aliphatic heterocycles. The van der Waals surface area contributed by atoms with Crippen LogP contribution in [0.4, 0.5) is 0 Å². The molecule has 0 aromatic carbocycles. The summed E-state index contributed by atoms with van der Waals surface area (Å²) < 4.78 is 0. The molecule has 2 atom stereocenters. The summed E-state index contributed by atoms with van der Waals surface area (Å²) in [5.41, 5.74) is 0.559. The van der Waals surface area contributed by atoms with Crippen LogP contribution in [0.15, 0.2) is 0 Å². The molecule has 1 saturated carbocycles. The van der Waals surface area contributed by atoms with Gasteiger partial charge in [0.25, 0.3) is 0 Å². The van der Waals surface area contributed by atoms with Crippen molar-refractivity contribution in [2.24, 2.45) is 5.41 Å². The van der Waals surface area contributed by atoms with Gasteiger partial charge in [0.2, 0.25) is 0 Å². The Bertz CT molecular complexity index is 324. The Kier molecular flexibility index (Phi) is 5.23. The third-order valence-corrected chi connectivity index (χ3v) is 6.27. The van der Waals surface area contributed by atoms with Crippen molar-refractivity contribution in [2.45, 2.75) is 70.9 Å². The van der Waals surface area contributed by atoms with Gasteiger partial charge in [-0.05, 0) is 51.1 Å². The van der Waals surface area contributed by atoms with Gasteiger partial charge in [-0.25, -0.2) is 0 Å². The maximum Gasteiger partial charge on any atom is 0.0224 e. The summed E-state index contributed by atoms with van der Waals surface area (Å²) in [5, 5.41) is 3.67. The molecule has 1 N–H and O–H groups in total. The third-order valence-electron chi connectivity index (χ3n) is 6.27. The number of rotatable bonds is 5. The standard InChI is InChI=1S/C18H35N3/c1-3-19-14-18(9-5-4-6-10-18)15-21-13-17-8-7-11-20(17)12-16(21)2/h16-17,19H,3-15H2,1-2H3. The molecule has 3 rings (SSSR count). The van der Waals surface area contributed by atoms with Crippen molar-refractivity contribution < 1.29 is 0 Å². The first-order valence-corrected chi connectivity index (χ1v) is 9.41. The van der Waals surface area contributed by atoms with Crippen molar-refractivity contribution in [1.29, 1.82) is 0 Å². The summed E-state index contributed by atoms with van der Waals surface area (Å²) in [6.07, 6.45) is 10.1. The lowest BCUT2D eigenvalue weighted by Gasteiger charge is -2.48. The Hall–Kier alpha value is -0.120. The highest BCUT2D eigenvalue weighted by Gasteiger charge is 2.39. The zero-order valence-corrected chi connectivity index (χ0v) is 14.2. The Morgan fingerprint density at radius 3 is 2.67 bits per heavy atom. The lowest BCUT2D eigenvalue weighted by molar-refractivity contribution is 0.0133. The minimum Gasteiger partial charge on any atom is -0.316 e. The molecule has 1 aliphatic carbocycles. The van der Waals surface area contributed by atoms with E-state index in [4.69, 9.17) is 0 Å². The molecule has 0 aromatic rings. The molecule has 0 aromatic heterocycles. The summed E-state index contributed by atoms with van der Waals surface area (Å²) in [7, 11) is 0. The number of nitrogens with one attached hydrogen (secondary N) is 1. The normalized spacial score (nSPS) is 34.0. The number of hydrogen-bond acceptors (Lipinski definition) is 3. The van der Waals surface area contributed by atoms with Crippen molar-refractivity contribution in [3.05, 3.63) is 0 Å². The molecule has 0 amide bonds. The van der Waals surface area contributed by atoms with Gasteiger partial charge in [0.1, 0.15) is 0 Å². The van der Waals surface area contributed by atoms with Gasteiger partial charge in [-0.2, -0.15) is 0 Å². The van der Waals surface area contributed by atoms with Crippen LogP contribution < -0.4 is 5.32 Å². The number of fused-ring (bicyclic) bond motifs is 1. The predicted molar refractivity (Wildman–Crippen MR) is 89.7 cm³/mol. The first-order valence-electron chi connectivity index (χ1n) is 9.41. The van der Waals surface area contributed by atoms with Crippen LogP contribution in [-0.4, -0.2) is 61.2 Å². The molecule has 2 heterocycles. The van der Waals surface area contributed by atoms with Crippen molar-refractivity contribution in [3.63, 3.8) is 0 Å². The topological polar surface area (TPSA) is 18.5 Å². The minimum absolute atomic E-state index is 0.559. The van der Waals surface area contributed by atoms with Crippen LogP contribution in [0.25, 0.3) is 0 Å². The maximum absolute atomic E-state index is 3.67. The van der Waals surface area contributed by atoms with E-state index in [0.29, 0.717) is 5.41 Å². The van der Waals surface area contributed by atoms with Gasteiger partial charge in [0.05, 0.1) is 0 Å². The first kappa shape index (κ1) is 15.8. The van der Waals surface area contributed by atoms with Crippen LogP contribution in [0.2, 0.25) is 0 Å². The van der Waals surface area contributed by atoms with Crippen LogP contribution in [-0.2, 0) is 0 Å². The van der Waals surface area contributed by atoms with E-state index in [2.05, 4.69) is 29.0 Å². The quantitative estimate of drug-likeness (QED) is 0.841. The molecule has 2 saturated heterocycles. The Balaban J connectivity index is 1.63. The van der Waals surface area contributed by atoms with E-state index in [-0.39, 0.29) is 0 Å².